The molecular weight excluding hydrogens is 224 g/mol. The van der Waals surface area contributed by atoms with Crippen molar-refractivity contribution in [2.75, 3.05) is 0 Å². The van der Waals surface area contributed by atoms with Crippen LogP contribution in [0.4, 0.5) is 0 Å². The van der Waals surface area contributed by atoms with Crippen molar-refractivity contribution in [1.29, 1.82) is 0 Å². The van der Waals surface area contributed by atoms with E-state index in [4.69, 9.17) is 5.11 Å². The van der Waals surface area contributed by atoms with Gasteiger partial charge < -0.3 is 5.11 Å². The van der Waals surface area contributed by atoms with Gasteiger partial charge in [0, 0.05) is 18.8 Å². The molecule has 0 fully saturated rings. The Morgan fingerprint density at radius 1 is 1.56 bits per heavy atom. The number of hydrogen-bond donors (Lipinski definition) is 1. The smallest absolute Gasteiger partial charge is 0.345 e. The van der Waals surface area contributed by atoms with E-state index in [0.29, 0.717) is 4.88 Å². The number of aromatic nitrogens is 2. The molecule has 2 aromatic heterocycles. The first kappa shape index (κ1) is 10.9. The maximum absolute atomic E-state index is 10.8. The Labute approximate surface area is 97.2 Å². The SMILES string of the molecule is CCCc1nccn1-c1ccc(C(=O)O)s1. The third-order valence-corrected chi connectivity index (χ3v) is 3.30. The van der Waals surface area contributed by atoms with Crippen LogP contribution in [0.1, 0.15) is 28.8 Å². The van der Waals surface area contributed by atoms with E-state index in [1.165, 1.54) is 11.3 Å². The Balaban J connectivity index is 2.34. The number of aryl methyl sites for hydroxylation is 1. The Kier molecular flexibility index (Phi) is 3.05. The van der Waals surface area contributed by atoms with Gasteiger partial charge in [-0.1, -0.05) is 6.92 Å². The Morgan fingerprint density at radius 2 is 2.38 bits per heavy atom. The molecule has 1 N–H and O–H groups in total. The molecule has 0 bridgehead atoms. The number of thiophene rings is 1. The van der Waals surface area contributed by atoms with Gasteiger partial charge in [0.15, 0.2) is 0 Å². The lowest BCUT2D eigenvalue weighted by atomic mass is 10.3. The molecule has 0 saturated carbocycles. The van der Waals surface area contributed by atoms with Crippen LogP contribution in [0.25, 0.3) is 5.00 Å². The summed E-state index contributed by atoms with van der Waals surface area (Å²) in [5.74, 6) is 0.0923. The molecule has 0 radical (unpaired) electrons. The summed E-state index contributed by atoms with van der Waals surface area (Å²) in [7, 11) is 0. The number of carboxylic acids is 1. The van der Waals surface area contributed by atoms with Crippen LogP contribution in [0.5, 0.6) is 0 Å². The summed E-state index contributed by atoms with van der Waals surface area (Å²) in [5, 5.41) is 9.76. The topological polar surface area (TPSA) is 55.1 Å². The molecular formula is C11H12N2O2S. The van der Waals surface area contributed by atoms with Crippen LogP contribution in [0.15, 0.2) is 24.5 Å². The summed E-state index contributed by atoms with van der Waals surface area (Å²) in [4.78, 5) is 15.4. The average Bonchev–Trinajstić information content (AvgIpc) is 2.84. The Hall–Kier alpha value is -1.62. The number of imidazole rings is 1. The molecule has 2 aromatic rings. The first-order chi connectivity index (χ1) is 7.72. The van der Waals surface area contributed by atoms with Gasteiger partial charge in [-0.05, 0) is 18.6 Å². The van der Waals surface area contributed by atoms with Gasteiger partial charge in [0.2, 0.25) is 0 Å². The zero-order valence-electron chi connectivity index (χ0n) is 8.88. The van der Waals surface area contributed by atoms with Crippen molar-refractivity contribution in [2.45, 2.75) is 19.8 Å². The molecule has 0 aliphatic carbocycles. The van der Waals surface area contributed by atoms with Gasteiger partial charge in [0.1, 0.15) is 15.7 Å². The van der Waals surface area contributed by atoms with Gasteiger partial charge in [-0.2, -0.15) is 0 Å². The molecule has 0 unspecified atom stereocenters. The largest absolute Gasteiger partial charge is 0.477 e. The van der Waals surface area contributed by atoms with Crippen LogP contribution < -0.4 is 0 Å². The van der Waals surface area contributed by atoms with Gasteiger partial charge in [-0.15, -0.1) is 11.3 Å². The molecule has 2 rings (SSSR count). The fourth-order valence-corrected chi connectivity index (χ4v) is 2.37. The van der Waals surface area contributed by atoms with Crippen molar-refractivity contribution in [1.82, 2.24) is 9.55 Å². The average molecular weight is 236 g/mol. The van der Waals surface area contributed by atoms with Crippen molar-refractivity contribution < 1.29 is 9.90 Å². The highest BCUT2D eigenvalue weighted by molar-refractivity contribution is 7.16. The first-order valence-electron chi connectivity index (χ1n) is 5.08. The number of rotatable bonds is 4. The molecule has 0 aliphatic rings. The molecule has 0 spiro atoms. The van der Waals surface area contributed by atoms with Crippen molar-refractivity contribution in [3.63, 3.8) is 0 Å². The van der Waals surface area contributed by atoms with Gasteiger partial charge in [-0.25, -0.2) is 9.78 Å². The molecule has 0 saturated heterocycles. The molecule has 5 heteroatoms. The highest BCUT2D eigenvalue weighted by Crippen LogP contribution is 2.22. The normalized spacial score (nSPS) is 10.6. The second-order valence-electron chi connectivity index (χ2n) is 3.41. The minimum Gasteiger partial charge on any atom is -0.477 e. The van der Waals surface area contributed by atoms with E-state index in [-0.39, 0.29) is 0 Å². The Bertz CT molecular complexity index is 502. The van der Waals surface area contributed by atoms with Crippen molar-refractivity contribution in [2.24, 2.45) is 0 Å². The second-order valence-corrected chi connectivity index (χ2v) is 4.47. The van der Waals surface area contributed by atoms with Crippen LogP contribution in [0, 0.1) is 0 Å². The quantitative estimate of drug-likeness (QED) is 0.887. The fourth-order valence-electron chi connectivity index (χ4n) is 1.52. The lowest BCUT2D eigenvalue weighted by Crippen LogP contribution is -1.97. The van der Waals surface area contributed by atoms with E-state index in [9.17, 15) is 4.79 Å². The molecule has 0 aromatic carbocycles. The Morgan fingerprint density at radius 3 is 3.00 bits per heavy atom. The van der Waals surface area contributed by atoms with Crippen molar-refractivity contribution in [3.05, 3.63) is 35.2 Å². The third kappa shape index (κ3) is 1.99. The summed E-state index contributed by atoms with van der Waals surface area (Å²) in [6.07, 6.45) is 5.52. The summed E-state index contributed by atoms with van der Waals surface area (Å²) >= 11 is 1.26. The molecule has 0 aliphatic heterocycles. The molecule has 0 amide bonds. The molecule has 4 nitrogen and oxygen atoms in total. The van der Waals surface area contributed by atoms with E-state index < -0.39 is 5.97 Å². The molecule has 0 atom stereocenters. The predicted octanol–water partition coefficient (Wildman–Crippen LogP) is 2.58. The van der Waals surface area contributed by atoms with Crippen LogP contribution in [-0.2, 0) is 6.42 Å². The standard InChI is InChI=1S/C11H12N2O2S/c1-2-3-9-12-6-7-13(9)10-5-4-8(16-10)11(14)15/h4-7H,2-3H2,1H3,(H,14,15). The van der Waals surface area contributed by atoms with E-state index in [0.717, 1.165) is 23.7 Å². The third-order valence-electron chi connectivity index (χ3n) is 2.23. The highest BCUT2D eigenvalue weighted by atomic mass is 32.1. The summed E-state index contributed by atoms with van der Waals surface area (Å²) in [5.41, 5.74) is 0. The minimum atomic E-state index is -0.881. The molecule has 2 heterocycles. The van der Waals surface area contributed by atoms with Gasteiger partial charge in [-0.3, -0.25) is 4.57 Å². The monoisotopic (exact) mass is 236 g/mol. The van der Waals surface area contributed by atoms with E-state index >= 15 is 0 Å². The highest BCUT2D eigenvalue weighted by Gasteiger charge is 2.10. The number of hydrogen-bond acceptors (Lipinski definition) is 3. The van der Waals surface area contributed by atoms with E-state index in [1.54, 1.807) is 12.3 Å². The van der Waals surface area contributed by atoms with Crippen molar-refractivity contribution >= 4 is 17.3 Å². The number of aromatic carboxylic acids is 1. The zero-order valence-corrected chi connectivity index (χ0v) is 9.70. The molecule has 84 valence electrons. The lowest BCUT2D eigenvalue weighted by molar-refractivity contribution is 0.0702. The number of carboxylic acid groups (broad SMARTS) is 1. The predicted molar refractivity (Wildman–Crippen MR) is 62.4 cm³/mol. The lowest BCUT2D eigenvalue weighted by Gasteiger charge is -2.02. The zero-order chi connectivity index (χ0) is 11.5. The maximum atomic E-state index is 10.8. The summed E-state index contributed by atoms with van der Waals surface area (Å²) < 4.78 is 1.95. The van der Waals surface area contributed by atoms with Crippen molar-refractivity contribution in [3.8, 4) is 5.00 Å². The fraction of sp³-hybridized carbons (Fsp3) is 0.273. The van der Waals surface area contributed by atoms with Crippen LogP contribution >= 0.6 is 11.3 Å². The van der Waals surface area contributed by atoms with Gasteiger partial charge >= 0.3 is 5.97 Å². The van der Waals surface area contributed by atoms with Crippen LogP contribution in [0.2, 0.25) is 0 Å². The second kappa shape index (κ2) is 4.49. The maximum Gasteiger partial charge on any atom is 0.345 e. The van der Waals surface area contributed by atoms with Crippen LogP contribution in [0.3, 0.4) is 0 Å². The molecule has 16 heavy (non-hydrogen) atoms. The minimum absolute atomic E-state index is 0.353. The summed E-state index contributed by atoms with van der Waals surface area (Å²) in [6, 6.07) is 3.44. The van der Waals surface area contributed by atoms with Gasteiger partial charge in [0.05, 0.1) is 0 Å². The summed E-state index contributed by atoms with van der Waals surface area (Å²) in [6.45, 7) is 2.09. The van der Waals surface area contributed by atoms with Gasteiger partial charge in [0.25, 0.3) is 0 Å². The number of carbonyl (C=O) groups is 1. The van der Waals surface area contributed by atoms with E-state index in [1.807, 2.05) is 16.8 Å². The first-order valence-corrected chi connectivity index (χ1v) is 5.89. The van der Waals surface area contributed by atoms with Crippen LogP contribution in [-0.4, -0.2) is 20.6 Å². The van der Waals surface area contributed by atoms with E-state index in [2.05, 4.69) is 11.9 Å². The number of nitrogens with zero attached hydrogens (tertiary/aromatic N) is 2.